The predicted molar refractivity (Wildman–Crippen MR) is 81.6 cm³/mol. The van der Waals surface area contributed by atoms with Gasteiger partial charge in [0.15, 0.2) is 0 Å². The Morgan fingerprint density at radius 2 is 1.70 bits per heavy atom. The maximum Gasteiger partial charge on any atom is 0.127 e. The van der Waals surface area contributed by atoms with E-state index < -0.39 is 0 Å². The van der Waals surface area contributed by atoms with Crippen molar-refractivity contribution in [2.45, 2.75) is 19.4 Å². The number of methoxy groups -OCH3 is 1. The monoisotopic (exact) mass is 271 g/mol. The first-order valence-electron chi connectivity index (χ1n) is 6.86. The standard InChI is InChI=1S/C17H21NO2/c1-4-17(18-2)13-6-5-7-16(12-13)20-15-10-8-14(19-3)9-11-15/h5-12,17-18H,4H2,1-3H3. The molecule has 0 fully saturated rings. The fourth-order valence-corrected chi connectivity index (χ4v) is 2.18. The lowest BCUT2D eigenvalue weighted by atomic mass is 10.0. The van der Waals surface area contributed by atoms with Crippen LogP contribution in [0.2, 0.25) is 0 Å². The van der Waals surface area contributed by atoms with Gasteiger partial charge in [-0.2, -0.15) is 0 Å². The van der Waals surface area contributed by atoms with Crippen molar-refractivity contribution in [3.63, 3.8) is 0 Å². The van der Waals surface area contributed by atoms with Crippen LogP contribution in [0.5, 0.6) is 17.2 Å². The molecule has 2 aromatic rings. The summed E-state index contributed by atoms with van der Waals surface area (Å²) < 4.78 is 11.0. The molecule has 0 saturated heterocycles. The van der Waals surface area contributed by atoms with Crippen LogP contribution in [0, 0.1) is 0 Å². The van der Waals surface area contributed by atoms with E-state index in [9.17, 15) is 0 Å². The molecular formula is C17H21NO2. The van der Waals surface area contributed by atoms with E-state index in [1.165, 1.54) is 5.56 Å². The zero-order chi connectivity index (χ0) is 14.4. The summed E-state index contributed by atoms with van der Waals surface area (Å²) in [5.41, 5.74) is 1.24. The molecule has 0 aliphatic rings. The second-order valence-electron chi connectivity index (χ2n) is 4.60. The Labute approximate surface area is 120 Å². The molecule has 0 saturated carbocycles. The first kappa shape index (κ1) is 14.4. The van der Waals surface area contributed by atoms with Crippen LogP contribution in [0.4, 0.5) is 0 Å². The van der Waals surface area contributed by atoms with E-state index in [1.54, 1.807) is 7.11 Å². The van der Waals surface area contributed by atoms with E-state index in [0.717, 1.165) is 23.7 Å². The molecule has 2 rings (SSSR count). The van der Waals surface area contributed by atoms with Crippen molar-refractivity contribution in [1.82, 2.24) is 5.32 Å². The maximum absolute atomic E-state index is 5.87. The third-order valence-electron chi connectivity index (χ3n) is 3.31. The third kappa shape index (κ3) is 3.52. The van der Waals surface area contributed by atoms with E-state index in [1.807, 2.05) is 43.4 Å². The van der Waals surface area contributed by atoms with Gasteiger partial charge in [0.2, 0.25) is 0 Å². The Kier molecular flexibility index (Phi) is 5.02. The fourth-order valence-electron chi connectivity index (χ4n) is 2.18. The van der Waals surface area contributed by atoms with E-state index in [-0.39, 0.29) is 0 Å². The Bertz CT molecular complexity index is 533. The predicted octanol–water partition coefficient (Wildman–Crippen LogP) is 4.16. The number of hydrogen-bond donors (Lipinski definition) is 1. The van der Waals surface area contributed by atoms with Crippen molar-refractivity contribution in [1.29, 1.82) is 0 Å². The van der Waals surface area contributed by atoms with E-state index in [0.29, 0.717) is 6.04 Å². The number of nitrogens with one attached hydrogen (secondary N) is 1. The van der Waals surface area contributed by atoms with Crippen molar-refractivity contribution in [2.75, 3.05) is 14.2 Å². The topological polar surface area (TPSA) is 30.5 Å². The van der Waals surface area contributed by atoms with Crippen LogP contribution in [0.25, 0.3) is 0 Å². The summed E-state index contributed by atoms with van der Waals surface area (Å²) in [4.78, 5) is 0. The van der Waals surface area contributed by atoms with Gasteiger partial charge < -0.3 is 14.8 Å². The smallest absolute Gasteiger partial charge is 0.127 e. The molecule has 3 nitrogen and oxygen atoms in total. The normalized spacial score (nSPS) is 11.9. The molecule has 3 heteroatoms. The maximum atomic E-state index is 5.87. The van der Waals surface area contributed by atoms with Gasteiger partial charge in [-0.1, -0.05) is 19.1 Å². The third-order valence-corrected chi connectivity index (χ3v) is 3.31. The molecule has 0 aliphatic heterocycles. The molecule has 2 aromatic carbocycles. The van der Waals surface area contributed by atoms with Crippen LogP contribution >= 0.6 is 0 Å². The van der Waals surface area contributed by atoms with Gasteiger partial charge in [0.25, 0.3) is 0 Å². The first-order chi connectivity index (χ1) is 9.76. The van der Waals surface area contributed by atoms with Crippen LogP contribution in [0.15, 0.2) is 48.5 Å². The number of hydrogen-bond acceptors (Lipinski definition) is 3. The Morgan fingerprint density at radius 1 is 1.00 bits per heavy atom. The Morgan fingerprint density at radius 3 is 2.30 bits per heavy atom. The van der Waals surface area contributed by atoms with E-state index in [2.05, 4.69) is 24.4 Å². The molecule has 20 heavy (non-hydrogen) atoms. The number of rotatable bonds is 6. The van der Waals surface area contributed by atoms with Crippen molar-refractivity contribution in [3.8, 4) is 17.2 Å². The summed E-state index contributed by atoms with van der Waals surface area (Å²) in [6, 6.07) is 16.1. The summed E-state index contributed by atoms with van der Waals surface area (Å²) in [5.74, 6) is 2.48. The minimum atomic E-state index is 0.356. The molecule has 0 heterocycles. The molecule has 0 aliphatic carbocycles. The van der Waals surface area contributed by atoms with E-state index >= 15 is 0 Å². The average Bonchev–Trinajstić information content (AvgIpc) is 2.50. The van der Waals surface area contributed by atoms with Crippen LogP contribution in [-0.4, -0.2) is 14.2 Å². The molecule has 0 spiro atoms. The zero-order valence-electron chi connectivity index (χ0n) is 12.2. The summed E-state index contributed by atoms with van der Waals surface area (Å²) in [5, 5.41) is 3.30. The van der Waals surface area contributed by atoms with Crippen LogP contribution < -0.4 is 14.8 Å². The van der Waals surface area contributed by atoms with Crippen molar-refractivity contribution in [3.05, 3.63) is 54.1 Å². The molecule has 1 unspecified atom stereocenters. The Hall–Kier alpha value is -2.00. The largest absolute Gasteiger partial charge is 0.497 e. The summed E-state index contributed by atoms with van der Waals surface area (Å²) in [7, 11) is 3.63. The van der Waals surface area contributed by atoms with Crippen LogP contribution in [0.1, 0.15) is 24.9 Å². The minimum absolute atomic E-state index is 0.356. The highest BCUT2D eigenvalue weighted by molar-refractivity contribution is 5.37. The SMILES string of the molecule is CCC(NC)c1cccc(Oc2ccc(OC)cc2)c1. The average molecular weight is 271 g/mol. The second kappa shape index (κ2) is 6.96. The number of ether oxygens (including phenoxy) is 2. The lowest BCUT2D eigenvalue weighted by Crippen LogP contribution is -2.14. The molecule has 0 aromatic heterocycles. The molecule has 0 radical (unpaired) electrons. The quantitative estimate of drug-likeness (QED) is 0.855. The minimum Gasteiger partial charge on any atom is -0.497 e. The van der Waals surface area contributed by atoms with Gasteiger partial charge in [-0.3, -0.25) is 0 Å². The van der Waals surface area contributed by atoms with Crippen molar-refractivity contribution >= 4 is 0 Å². The van der Waals surface area contributed by atoms with Crippen molar-refractivity contribution < 1.29 is 9.47 Å². The molecule has 106 valence electrons. The van der Waals surface area contributed by atoms with Crippen molar-refractivity contribution in [2.24, 2.45) is 0 Å². The highest BCUT2D eigenvalue weighted by Gasteiger charge is 2.07. The van der Waals surface area contributed by atoms with Gasteiger partial charge >= 0.3 is 0 Å². The Balaban J connectivity index is 2.14. The summed E-state index contributed by atoms with van der Waals surface area (Å²) >= 11 is 0. The van der Waals surface area contributed by atoms with Gasteiger partial charge in [0.1, 0.15) is 17.2 Å². The van der Waals surface area contributed by atoms with Gasteiger partial charge in [0, 0.05) is 6.04 Å². The lowest BCUT2D eigenvalue weighted by molar-refractivity contribution is 0.413. The van der Waals surface area contributed by atoms with Gasteiger partial charge in [0.05, 0.1) is 7.11 Å². The molecule has 1 N–H and O–H groups in total. The molecule has 0 bridgehead atoms. The molecular weight excluding hydrogens is 250 g/mol. The molecule has 1 atom stereocenters. The number of benzene rings is 2. The first-order valence-corrected chi connectivity index (χ1v) is 6.86. The molecule has 0 amide bonds. The van der Waals surface area contributed by atoms with E-state index in [4.69, 9.17) is 9.47 Å². The second-order valence-corrected chi connectivity index (χ2v) is 4.60. The van der Waals surface area contributed by atoms with Gasteiger partial charge in [-0.25, -0.2) is 0 Å². The highest BCUT2D eigenvalue weighted by atomic mass is 16.5. The summed E-state index contributed by atoms with van der Waals surface area (Å²) in [6.07, 6.45) is 1.04. The van der Waals surface area contributed by atoms with Crippen LogP contribution in [0.3, 0.4) is 0 Å². The van der Waals surface area contributed by atoms with Gasteiger partial charge in [-0.05, 0) is 55.4 Å². The zero-order valence-corrected chi connectivity index (χ0v) is 12.2. The fraction of sp³-hybridized carbons (Fsp3) is 0.294. The lowest BCUT2D eigenvalue weighted by Gasteiger charge is -2.15. The van der Waals surface area contributed by atoms with Crippen LogP contribution in [-0.2, 0) is 0 Å². The van der Waals surface area contributed by atoms with Gasteiger partial charge in [-0.15, -0.1) is 0 Å². The summed E-state index contributed by atoms with van der Waals surface area (Å²) in [6.45, 7) is 2.16. The highest BCUT2D eigenvalue weighted by Crippen LogP contribution is 2.26.